The molecule has 176 valence electrons. The Kier molecular flexibility index (Phi) is 5.56. The van der Waals surface area contributed by atoms with Gasteiger partial charge in [0.05, 0.1) is 25.0 Å². The van der Waals surface area contributed by atoms with Crippen LogP contribution in [0.15, 0.2) is 41.3 Å². The molecule has 0 saturated carbocycles. The van der Waals surface area contributed by atoms with Gasteiger partial charge in [0.1, 0.15) is 36.3 Å². The number of rotatable bonds is 6. The number of nitrogens with two attached hydrogens (primary N) is 1. The van der Waals surface area contributed by atoms with E-state index < -0.39 is 53.5 Å². The molecule has 13 heteroatoms. The molecule has 1 saturated heterocycles. The fraction of sp³-hybridized carbons (Fsp3) is 0.400. The summed E-state index contributed by atoms with van der Waals surface area (Å²) >= 11 is 0. The highest BCUT2D eigenvalue weighted by atomic mass is 32.2. The van der Waals surface area contributed by atoms with Crippen LogP contribution in [0.3, 0.4) is 0 Å². The van der Waals surface area contributed by atoms with E-state index in [1.165, 1.54) is 12.6 Å². The van der Waals surface area contributed by atoms with Crippen LogP contribution in [-0.4, -0.2) is 64.7 Å². The van der Waals surface area contributed by atoms with Gasteiger partial charge in [0.25, 0.3) is 0 Å². The number of aliphatic hydroxyl groups is 3. The molecule has 2 aromatic heterocycles. The molecule has 0 amide bonds. The third kappa shape index (κ3) is 4.08. The van der Waals surface area contributed by atoms with Crippen LogP contribution in [0.4, 0.5) is 5.82 Å². The summed E-state index contributed by atoms with van der Waals surface area (Å²) in [5, 5.41) is 39.3. The molecule has 5 rings (SSSR count). The van der Waals surface area contributed by atoms with Crippen LogP contribution in [0.5, 0.6) is 0 Å². The van der Waals surface area contributed by atoms with Gasteiger partial charge < -0.3 is 29.8 Å². The van der Waals surface area contributed by atoms with Crippen LogP contribution in [0.2, 0.25) is 0 Å². The molecule has 33 heavy (non-hydrogen) atoms. The number of hydrogen-bond donors (Lipinski definition) is 5. The quantitative estimate of drug-likeness (QED) is 0.312. The first-order valence-electron chi connectivity index (χ1n) is 10.2. The van der Waals surface area contributed by atoms with Gasteiger partial charge >= 0.3 is 10.3 Å². The lowest BCUT2D eigenvalue weighted by Crippen LogP contribution is -2.34. The van der Waals surface area contributed by atoms with E-state index in [4.69, 9.17) is 14.3 Å². The second-order valence-corrected chi connectivity index (χ2v) is 9.26. The summed E-state index contributed by atoms with van der Waals surface area (Å²) in [5.74, 6) is 0.342. The average molecular weight is 478 g/mol. The van der Waals surface area contributed by atoms with E-state index in [2.05, 4.69) is 19.5 Å². The van der Waals surface area contributed by atoms with Crippen LogP contribution in [-0.2, 0) is 25.6 Å². The maximum atomic E-state index is 11.0. The molecule has 3 heterocycles. The number of benzene rings is 1. The van der Waals surface area contributed by atoms with Crippen molar-refractivity contribution in [1.82, 2.24) is 9.97 Å². The van der Waals surface area contributed by atoms with Crippen molar-refractivity contribution in [1.29, 1.82) is 0 Å². The molecule has 0 bridgehead atoms. The summed E-state index contributed by atoms with van der Waals surface area (Å²) in [5.41, 5.74) is 2.94. The number of aliphatic hydroxyl groups excluding tert-OH is 3. The fourth-order valence-corrected chi connectivity index (χ4v) is 4.70. The van der Waals surface area contributed by atoms with Crippen molar-refractivity contribution >= 4 is 27.2 Å². The van der Waals surface area contributed by atoms with Gasteiger partial charge in [-0.15, -0.1) is 0 Å². The number of aromatic nitrogens is 2. The van der Waals surface area contributed by atoms with E-state index in [1.54, 1.807) is 0 Å². The molecule has 1 aliphatic carbocycles. The lowest BCUT2D eigenvalue weighted by Gasteiger charge is -2.18. The molecular formula is C20H22N4O8S. The molecule has 1 fully saturated rings. The van der Waals surface area contributed by atoms with Crippen LogP contribution < -0.4 is 10.5 Å². The molecule has 0 radical (unpaired) electrons. The van der Waals surface area contributed by atoms with E-state index in [0.717, 1.165) is 11.1 Å². The molecule has 2 aliphatic rings. The Morgan fingerprint density at radius 2 is 1.94 bits per heavy atom. The van der Waals surface area contributed by atoms with Gasteiger partial charge in [-0.05, 0) is 11.1 Å². The van der Waals surface area contributed by atoms with Crippen molar-refractivity contribution in [2.24, 2.45) is 5.14 Å². The molecule has 6 N–H and O–H groups in total. The number of nitrogens with one attached hydrogen (secondary N) is 1. The summed E-state index contributed by atoms with van der Waals surface area (Å²) in [6.45, 7) is -0.565. The van der Waals surface area contributed by atoms with Crippen molar-refractivity contribution < 1.29 is 37.1 Å². The maximum absolute atomic E-state index is 11.0. The Hall–Kier alpha value is -2.65. The fourth-order valence-electron chi connectivity index (χ4n) is 4.37. The van der Waals surface area contributed by atoms with Crippen LogP contribution in [0, 0.1) is 0 Å². The summed E-state index contributed by atoms with van der Waals surface area (Å²) in [6, 6.07) is 7.30. The van der Waals surface area contributed by atoms with Crippen molar-refractivity contribution in [3.05, 3.63) is 53.5 Å². The standard InChI is InChI=1S/C20H22N4O8S/c21-33(28,29)31-7-13-16(26)17(27)18(32-13)11-6-30-19-15(11)22-8-23-20(19)24-14-10-4-2-1-3-9(10)5-12(14)25/h1-4,6,8,12-14,16-18,25-27H,5,7H2,(H2,21,28,29)(H,22,23,24). The zero-order valence-electron chi connectivity index (χ0n) is 17.1. The summed E-state index contributed by atoms with van der Waals surface area (Å²) < 4.78 is 37.9. The molecular weight excluding hydrogens is 456 g/mol. The first-order chi connectivity index (χ1) is 15.7. The molecule has 1 aromatic carbocycles. The summed E-state index contributed by atoms with van der Waals surface area (Å²) in [4.78, 5) is 8.47. The van der Waals surface area contributed by atoms with Gasteiger partial charge in [-0.3, -0.25) is 4.18 Å². The molecule has 1 aliphatic heterocycles. The van der Waals surface area contributed by atoms with E-state index in [-0.39, 0.29) is 5.58 Å². The minimum absolute atomic E-state index is 0.276. The number of fused-ring (bicyclic) bond motifs is 2. The maximum Gasteiger partial charge on any atom is 0.333 e. The van der Waals surface area contributed by atoms with Gasteiger partial charge in [0, 0.05) is 12.0 Å². The minimum atomic E-state index is -4.24. The SMILES string of the molecule is NS(=O)(=O)OCC1OC(c2coc3c(NC4c5ccccc5CC4O)ncnc23)C(O)C1O. The van der Waals surface area contributed by atoms with Crippen molar-refractivity contribution in [3.8, 4) is 0 Å². The summed E-state index contributed by atoms with van der Waals surface area (Å²) in [7, 11) is -4.24. The Balaban J connectivity index is 1.41. The Morgan fingerprint density at radius 1 is 1.15 bits per heavy atom. The lowest BCUT2D eigenvalue weighted by molar-refractivity contribution is -0.0155. The first kappa shape index (κ1) is 22.2. The minimum Gasteiger partial charge on any atom is -0.458 e. The van der Waals surface area contributed by atoms with Gasteiger partial charge in [0.2, 0.25) is 0 Å². The molecule has 3 aromatic rings. The van der Waals surface area contributed by atoms with Crippen molar-refractivity contribution in [2.45, 2.75) is 43.0 Å². The smallest absolute Gasteiger partial charge is 0.333 e. The van der Waals surface area contributed by atoms with Gasteiger partial charge in [0.15, 0.2) is 11.4 Å². The van der Waals surface area contributed by atoms with Gasteiger partial charge in [-0.1, -0.05) is 24.3 Å². The molecule has 6 unspecified atom stereocenters. The molecule has 0 spiro atoms. The Morgan fingerprint density at radius 3 is 2.73 bits per heavy atom. The normalized spacial score (nSPS) is 29.5. The highest BCUT2D eigenvalue weighted by Gasteiger charge is 2.45. The van der Waals surface area contributed by atoms with E-state index >= 15 is 0 Å². The van der Waals surface area contributed by atoms with Gasteiger partial charge in [-0.25, -0.2) is 15.1 Å². The Bertz CT molecular complexity index is 1280. The van der Waals surface area contributed by atoms with Crippen LogP contribution >= 0.6 is 0 Å². The number of hydrogen-bond acceptors (Lipinski definition) is 11. The first-order valence-corrected chi connectivity index (χ1v) is 11.6. The number of nitrogens with zero attached hydrogens (tertiary/aromatic N) is 2. The zero-order valence-corrected chi connectivity index (χ0v) is 17.9. The van der Waals surface area contributed by atoms with Crippen LogP contribution in [0.1, 0.15) is 28.8 Å². The van der Waals surface area contributed by atoms with Crippen LogP contribution in [0.25, 0.3) is 11.1 Å². The molecule has 12 nitrogen and oxygen atoms in total. The monoisotopic (exact) mass is 478 g/mol. The third-order valence-electron chi connectivity index (χ3n) is 5.94. The largest absolute Gasteiger partial charge is 0.458 e. The van der Waals surface area contributed by atoms with Gasteiger partial charge in [-0.2, -0.15) is 8.42 Å². The predicted octanol–water partition coefficient (Wildman–Crippen LogP) is -0.325. The number of furan rings is 1. The second-order valence-electron chi connectivity index (χ2n) is 8.04. The third-order valence-corrected chi connectivity index (χ3v) is 6.41. The Labute approximate surface area is 188 Å². The number of anilines is 1. The second kappa shape index (κ2) is 8.29. The number of ether oxygens (including phenoxy) is 1. The molecule has 6 atom stereocenters. The van der Waals surface area contributed by atoms with Crippen molar-refractivity contribution in [3.63, 3.8) is 0 Å². The van der Waals surface area contributed by atoms with E-state index in [0.29, 0.717) is 23.3 Å². The van der Waals surface area contributed by atoms with E-state index in [9.17, 15) is 23.7 Å². The highest BCUT2D eigenvalue weighted by molar-refractivity contribution is 7.84. The predicted molar refractivity (Wildman–Crippen MR) is 113 cm³/mol. The highest BCUT2D eigenvalue weighted by Crippen LogP contribution is 2.40. The zero-order chi connectivity index (χ0) is 23.3. The lowest BCUT2D eigenvalue weighted by atomic mass is 10.0. The van der Waals surface area contributed by atoms with E-state index in [1.807, 2.05) is 24.3 Å². The summed E-state index contributed by atoms with van der Waals surface area (Å²) in [6.07, 6.45) is -2.54. The van der Waals surface area contributed by atoms with Crippen molar-refractivity contribution in [2.75, 3.05) is 11.9 Å². The topological polar surface area (TPSA) is 190 Å². The average Bonchev–Trinajstić information content (AvgIpc) is 3.42.